The number of nitrogens with zero attached hydrogens (tertiary/aromatic N) is 2. The zero-order valence-electron chi connectivity index (χ0n) is 20.4. The lowest BCUT2D eigenvalue weighted by Crippen LogP contribution is -2.52. The zero-order chi connectivity index (χ0) is 26.5. The van der Waals surface area contributed by atoms with Crippen LogP contribution in [0.4, 0.5) is 5.69 Å². The number of halogens is 2. The lowest BCUT2D eigenvalue weighted by Gasteiger charge is -2.33. The molecule has 2 amide bonds. The second-order valence-corrected chi connectivity index (χ2v) is 11.1. The Morgan fingerprint density at radius 2 is 1.67 bits per heavy atom. The quantitative estimate of drug-likeness (QED) is 0.391. The van der Waals surface area contributed by atoms with Gasteiger partial charge in [-0.05, 0) is 42.5 Å². The number of sulfonamides is 1. The minimum absolute atomic E-state index is 0.0541. The third-order valence-electron chi connectivity index (χ3n) is 5.79. The number of hydrogen-bond acceptors (Lipinski definition) is 4. The van der Waals surface area contributed by atoms with Crippen molar-refractivity contribution >= 4 is 61.5 Å². The third-order valence-corrected chi connectivity index (χ3v) is 7.65. The average Bonchev–Trinajstić information content (AvgIpc) is 2.83. The minimum atomic E-state index is -3.84. The molecule has 0 aliphatic rings. The first-order chi connectivity index (χ1) is 17.1. The van der Waals surface area contributed by atoms with E-state index in [1.165, 1.54) is 4.90 Å². The summed E-state index contributed by atoms with van der Waals surface area (Å²) < 4.78 is 26.9. The average molecular weight is 551 g/mol. The van der Waals surface area contributed by atoms with Gasteiger partial charge in [-0.3, -0.25) is 13.9 Å². The van der Waals surface area contributed by atoms with Crippen LogP contribution in [0, 0.1) is 0 Å². The molecule has 0 radical (unpaired) electrons. The van der Waals surface area contributed by atoms with Gasteiger partial charge >= 0.3 is 0 Å². The van der Waals surface area contributed by atoms with E-state index in [9.17, 15) is 18.0 Å². The molecule has 0 aliphatic heterocycles. The van der Waals surface area contributed by atoms with Gasteiger partial charge in [0.25, 0.3) is 0 Å². The van der Waals surface area contributed by atoms with E-state index in [2.05, 4.69) is 5.32 Å². The van der Waals surface area contributed by atoms with Crippen LogP contribution >= 0.6 is 23.2 Å². The monoisotopic (exact) mass is 549 g/mol. The molecule has 0 saturated heterocycles. The van der Waals surface area contributed by atoms with Crippen molar-refractivity contribution in [1.29, 1.82) is 0 Å². The minimum Gasteiger partial charge on any atom is -0.355 e. The van der Waals surface area contributed by atoms with E-state index in [1.807, 2.05) is 30.3 Å². The fourth-order valence-electron chi connectivity index (χ4n) is 4.07. The number of benzene rings is 3. The van der Waals surface area contributed by atoms with E-state index in [0.717, 1.165) is 15.9 Å². The second kappa shape index (κ2) is 12.0. The van der Waals surface area contributed by atoms with Crippen LogP contribution in [0.2, 0.25) is 10.0 Å². The molecular formula is C26H29Cl2N3O4S. The van der Waals surface area contributed by atoms with Crippen molar-refractivity contribution in [2.24, 2.45) is 0 Å². The number of amides is 2. The SMILES string of the molecule is CCNC(=O)[C@@H](CC)N(Cc1ccc(Cl)c(Cl)c1)C(=O)CN(c1cccc2ccccc12)S(C)(=O)=O. The van der Waals surface area contributed by atoms with Gasteiger partial charge in [0.2, 0.25) is 21.8 Å². The van der Waals surface area contributed by atoms with Crippen LogP contribution < -0.4 is 9.62 Å². The Morgan fingerprint density at radius 3 is 2.31 bits per heavy atom. The molecule has 36 heavy (non-hydrogen) atoms. The van der Waals surface area contributed by atoms with Crippen molar-refractivity contribution in [2.45, 2.75) is 32.9 Å². The number of fused-ring (bicyclic) bond motifs is 1. The normalized spacial score (nSPS) is 12.2. The molecule has 0 bridgehead atoms. The van der Waals surface area contributed by atoms with Gasteiger partial charge in [-0.25, -0.2) is 8.42 Å². The van der Waals surface area contributed by atoms with Gasteiger partial charge < -0.3 is 10.2 Å². The number of anilines is 1. The van der Waals surface area contributed by atoms with Gasteiger partial charge in [-0.1, -0.05) is 72.6 Å². The first-order valence-electron chi connectivity index (χ1n) is 11.5. The summed E-state index contributed by atoms with van der Waals surface area (Å²) in [4.78, 5) is 28.0. The largest absolute Gasteiger partial charge is 0.355 e. The Labute approximate surface area is 222 Å². The fourth-order valence-corrected chi connectivity index (χ4v) is 5.25. The van der Waals surface area contributed by atoms with Gasteiger partial charge in [-0.2, -0.15) is 0 Å². The Morgan fingerprint density at radius 1 is 0.972 bits per heavy atom. The molecule has 0 spiro atoms. The van der Waals surface area contributed by atoms with E-state index in [1.54, 1.807) is 44.2 Å². The summed E-state index contributed by atoms with van der Waals surface area (Å²) in [6.45, 7) is 3.58. The van der Waals surface area contributed by atoms with Crippen molar-refractivity contribution in [2.75, 3.05) is 23.7 Å². The van der Waals surface area contributed by atoms with Crippen molar-refractivity contribution in [3.63, 3.8) is 0 Å². The smallest absolute Gasteiger partial charge is 0.244 e. The molecule has 0 unspecified atom stereocenters. The highest BCUT2D eigenvalue weighted by atomic mass is 35.5. The molecule has 192 valence electrons. The summed E-state index contributed by atoms with van der Waals surface area (Å²) in [5, 5.41) is 5.00. The van der Waals surface area contributed by atoms with Crippen LogP contribution in [-0.4, -0.2) is 50.5 Å². The van der Waals surface area contributed by atoms with Crippen LogP contribution in [0.1, 0.15) is 25.8 Å². The lowest BCUT2D eigenvalue weighted by atomic mass is 10.1. The molecule has 1 atom stereocenters. The highest BCUT2D eigenvalue weighted by Gasteiger charge is 2.32. The van der Waals surface area contributed by atoms with Gasteiger partial charge in [0.1, 0.15) is 12.6 Å². The van der Waals surface area contributed by atoms with Crippen LogP contribution in [0.25, 0.3) is 10.8 Å². The standard InChI is InChI=1S/C26H29Cl2N3O4S/c1-4-23(26(33)29-5-2)30(16-18-13-14-21(27)22(28)15-18)25(32)17-31(36(3,34)35)24-12-8-10-19-9-6-7-11-20(19)24/h6-15,23H,4-5,16-17H2,1-3H3,(H,29,33)/t23-/m1/s1. The predicted octanol–water partition coefficient (Wildman–Crippen LogP) is 4.86. The van der Waals surface area contributed by atoms with Gasteiger partial charge in [-0.15, -0.1) is 0 Å². The van der Waals surface area contributed by atoms with Crippen molar-refractivity contribution < 1.29 is 18.0 Å². The summed E-state index contributed by atoms with van der Waals surface area (Å²) in [6, 6.07) is 16.8. The van der Waals surface area contributed by atoms with E-state index >= 15 is 0 Å². The Kier molecular flexibility index (Phi) is 9.22. The van der Waals surface area contributed by atoms with Crippen LogP contribution in [0.5, 0.6) is 0 Å². The first kappa shape index (κ1) is 27.8. The van der Waals surface area contributed by atoms with E-state index in [4.69, 9.17) is 23.2 Å². The van der Waals surface area contributed by atoms with Crippen LogP contribution in [-0.2, 0) is 26.2 Å². The molecular weight excluding hydrogens is 521 g/mol. The maximum atomic E-state index is 13.8. The highest BCUT2D eigenvalue weighted by molar-refractivity contribution is 7.92. The van der Waals surface area contributed by atoms with Gasteiger partial charge in [0.15, 0.2) is 0 Å². The summed E-state index contributed by atoms with van der Waals surface area (Å²) in [6.07, 6.45) is 1.40. The van der Waals surface area contributed by atoms with E-state index in [0.29, 0.717) is 39.6 Å². The molecule has 3 rings (SSSR count). The number of likely N-dealkylation sites (N-methyl/N-ethyl adjacent to an activating group) is 1. The molecule has 0 aliphatic carbocycles. The van der Waals surface area contributed by atoms with Crippen molar-refractivity contribution in [3.05, 3.63) is 76.3 Å². The first-order valence-corrected chi connectivity index (χ1v) is 14.1. The summed E-state index contributed by atoms with van der Waals surface area (Å²) >= 11 is 12.2. The maximum absolute atomic E-state index is 13.8. The summed E-state index contributed by atoms with van der Waals surface area (Å²) in [5.41, 5.74) is 1.06. The number of hydrogen-bond donors (Lipinski definition) is 1. The zero-order valence-corrected chi connectivity index (χ0v) is 22.7. The van der Waals surface area contributed by atoms with Crippen molar-refractivity contribution in [1.82, 2.24) is 10.2 Å². The van der Waals surface area contributed by atoms with Crippen molar-refractivity contribution in [3.8, 4) is 0 Å². The molecule has 3 aromatic carbocycles. The van der Waals surface area contributed by atoms with E-state index < -0.39 is 28.5 Å². The molecule has 0 heterocycles. The summed E-state index contributed by atoms with van der Waals surface area (Å²) in [5.74, 6) is -0.831. The highest BCUT2D eigenvalue weighted by Crippen LogP contribution is 2.29. The number of carbonyl (C=O) groups excluding carboxylic acids is 2. The molecule has 0 fully saturated rings. The predicted molar refractivity (Wildman–Crippen MR) is 146 cm³/mol. The lowest BCUT2D eigenvalue weighted by molar-refractivity contribution is -0.140. The molecule has 10 heteroatoms. The second-order valence-electron chi connectivity index (χ2n) is 8.36. The summed E-state index contributed by atoms with van der Waals surface area (Å²) in [7, 11) is -3.84. The van der Waals surface area contributed by atoms with Crippen LogP contribution in [0.3, 0.4) is 0 Å². The Balaban J connectivity index is 2.04. The maximum Gasteiger partial charge on any atom is 0.244 e. The molecule has 1 N–H and O–H groups in total. The van der Waals surface area contributed by atoms with Crippen LogP contribution in [0.15, 0.2) is 60.7 Å². The van der Waals surface area contributed by atoms with E-state index in [-0.39, 0.29) is 12.5 Å². The molecule has 0 saturated carbocycles. The Hall–Kier alpha value is -2.81. The molecule has 7 nitrogen and oxygen atoms in total. The molecule has 3 aromatic rings. The van der Waals surface area contributed by atoms with Gasteiger partial charge in [0, 0.05) is 18.5 Å². The number of carbonyl (C=O) groups is 2. The topological polar surface area (TPSA) is 86.8 Å². The Bertz CT molecular complexity index is 1360. The fraction of sp³-hybridized carbons (Fsp3) is 0.308. The van der Waals surface area contributed by atoms with Gasteiger partial charge in [0.05, 0.1) is 22.0 Å². The third kappa shape index (κ3) is 6.49. The number of nitrogens with one attached hydrogen (secondary N) is 1. The molecule has 0 aromatic heterocycles. The number of rotatable bonds is 10.